The van der Waals surface area contributed by atoms with Crippen LogP contribution in [0.4, 0.5) is 0 Å². The Balaban J connectivity index is 1.28. The Morgan fingerprint density at radius 1 is 1.17 bits per heavy atom. The summed E-state index contributed by atoms with van der Waals surface area (Å²) in [6, 6.07) is 0. The van der Waals surface area contributed by atoms with Gasteiger partial charge in [0.2, 0.25) is 0 Å². The van der Waals surface area contributed by atoms with Gasteiger partial charge in [-0.15, -0.1) is 11.3 Å². The lowest BCUT2D eigenvalue weighted by molar-refractivity contribution is 0.0706. The first kappa shape index (κ1) is 30.9. The van der Waals surface area contributed by atoms with Crippen LogP contribution in [0.1, 0.15) is 115 Å². The summed E-state index contributed by atoms with van der Waals surface area (Å²) in [5, 5.41) is 33.0. The maximum atomic E-state index is 11.4. The number of rotatable bonds is 10. The first-order chi connectivity index (χ1) is 19.5. The molecule has 5 heteroatoms. The molecule has 4 aliphatic carbocycles. The lowest BCUT2D eigenvalue weighted by atomic mass is 9.57. The molecule has 226 valence electrons. The Morgan fingerprint density at radius 3 is 2.68 bits per heavy atom. The number of aliphatic hydroxyl groups excluding tert-OH is 3. The average molecular weight is 580 g/mol. The molecule has 0 aromatic carbocycles. The van der Waals surface area contributed by atoms with E-state index in [1.165, 1.54) is 55.4 Å². The lowest BCUT2D eigenvalue weighted by Crippen LogP contribution is -2.39. The van der Waals surface area contributed by atoms with E-state index in [2.05, 4.69) is 58.6 Å². The molecule has 0 aliphatic heterocycles. The SMILES string of the molecule is C=C1C(=CC=C2CCC[C@]3(C)[C@@H](C(C)(C)C=C[C@@H](O)C4(c5ncc(CCCCC)s5)CC4)CC[C@@H]23)C[C@@H](O)C[C@@H]1O. The van der Waals surface area contributed by atoms with Gasteiger partial charge in [-0.1, -0.05) is 77.0 Å². The normalized spacial score (nSPS) is 34.5. The van der Waals surface area contributed by atoms with Gasteiger partial charge < -0.3 is 15.3 Å². The highest BCUT2D eigenvalue weighted by Gasteiger charge is 2.54. The van der Waals surface area contributed by atoms with E-state index in [0.717, 1.165) is 41.8 Å². The van der Waals surface area contributed by atoms with Crippen LogP contribution >= 0.6 is 11.3 Å². The number of aryl methyl sites for hydroxylation is 1. The fourth-order valence-corrected chi connectivity index (χ4v) is 9.77. The number of allylic oxidation sites excluding steroid dienone is 4. The number of nitrogens with zero attached hydrogens (tertiary/aromatic N) is 1. The molecule has 3 N–H and O–H groups in total. The molecule has 1 heterocycles. The molecule has 0 amide bonds. The van der Waals surface area contributed by atoms with E-state index in [1.54, 1.807) is 0 Å². The second-order valence-electron chi connectivity index (χ2n) is 14.5. The Labute approximate surface area is 252 Å². The zero-order chi connectivity index (χ0) is 29.4. The molecule has 0 spiro atoms. The summed E-state index contributed by atoms with van der Waals surface area (Å²) in [6.45, 7) is 13.6. The van der Waals surface area contributed by atoms with Crippen molar-refractivity contribution in [2.75, 3.05) is 0 Å². The van der Waals surface area contributed by atoms with Crippen molar-refractivity contribution in [3.63, 3.8) is 0 Å². The van der Waals surface area contributed by atoms with Gasteiger partial charge in [0.05, 0.1) is 23.7 Å². The summed E-state index contributed by atoms with van der Waals surface area (Å²) < 4.78 is 0. The van der Waals surface area contributed by atoms with Gasteiger partial charge in [-0.05, 0) is 98.0 Å². The van der Waals surface area contributed by atoms with E-state index in [-0.39, 0.29) is 16.2 Å². The van der Waals surface area contributed by atoms with Gasteiger partial charge in [0.15, 0.2) is 0 Å². The molecule has 1 aromatic rings. The predicted molar refractivity (Wildman–Crippen MR) is 170 cm³/mol. The third-order valence-electron chi connectivity index (χ3n) is 11.2. The monoisotopic (exact) mass is 579 g/mol. The fourth-order valence-electron chi connectivity index (χ4n) is 8.54. The van der Waals surface area contributed by atoms with Crippen LogP contribution in [0.5, 0.6) is 0 Å². The van der Waals surface area contributed by atoms with Crippen LogP contribution in [0.15, 0.2) is 53.8 Å². The number of unbranched alkanes of at least 4 members (excludes halogenated alkanes) is 2. The summed E-state index contributed by atoms with van der Waals surface area (Å²) in [5.41, 5.74) is 3.31. The smallest absolute Gasteiger partial charge is 0.102 e. The Kier molecular flexibility index (Phi) is 9.22. The Bertz CT molecular complexity index is 1190. The molecule has 6 atom stereocenters. The zero-order valence-corrected chi connectivity index (χ0v) is 26.7. The van der Waals surface area contributed by atoms with Crippen molar-refractivity contribution in [3.05, 3.63) is 63.7 Å². The molecule has 4 nitrogen and oxygen atoms in total. The molecule has 0 saturated heterocycles. The van der Waals surface area contributed by atoms with Gasteiger partial charge in [0.25, 0.3) is 0 Å². The minimum absolute atomic E-state index is 0.0124. The summed E-state index contributed by atoms with van der Waals surface area (Å²) >= 11 is 1.82. The van der Waals surface area contributed by atoms with Gasteiger partial charge in [0.1, 0.15) is 5.01 Å². The van der Waals surface area contributed by atoms with Crippen molar-refractivity contribution in [1.82, 2.24) is 4.98 Å². The second kappa shape index (κ2) is 12.2. The molecule has 5 rings (SSSR count). The molecule has 4 aliphatic rings. The third kappa shape index (κ3) is 6.25. The van der Waals surface area contributed by atoms with Crippen LogP contribution < -0.4 is 0 Å². The van der Waals surface area contributed by atoms with Crippen LogP contribution in [0, 0.1) is 22.7 Å². The van der Waals surface area contributed by atoms with E-state index < -0.39 is 18.3 Å². The number of fused-ring (bicyclic) bond motifs is 1. The zero-order valence-electron chi connectivity index (χ0n) is 25.9. The molecule has 4 saturated carbocycles. The van der Waals surface area contributed by atoms with Crippen molar-refractivity contribution in [2.24, 2.45) is 22.7 Å². The lowest BCUT2D eigenvalue weighted by Gasteiger charge is -2.47. The number of aromatic nitrogens is 1. The molecule has 0 radical (unpaired) electrons. The van der Waals surface area contributed by atoms with Crippen molar-refractivity contribution < 1.29 is 15.3 Å². The van der Waals surface area contributed by atoms with Crippen LogP contribution in [0.3, 0.4) is 0 Å². The van der Waals surface area contributed by atoms with Crippen LogP contribution in [-0.4, -0.2) is 38.6 Å². The van der Waals surface area contributed by atoms with E-state index in [0.29, 0.717) is 24.7 Å². The Morgan fingerprint density at radius 2 is 1.95 bits per heavy atom. The first-order valence-corrected chi connectivity index (χ1v) is 17.1. The van der Waals surface area contributed by atoms with Crippen molar-refractivity contribution in [1.29, 1.82) is 0 Å². The highest BCUT2D eigenvalue weighted by atomic mass is 32.1. The number of hydrogen-bond acceptors (Lipinski definition) is 5. The molecule has 0 unspecified atom stereocenters. The van der Waals surface area contributed by atoms with Crippen LogP contribution in [0.25, 0.3) is 0 Å². The highest BCUT2D eigenvalue weighted by Crippen LogP contribution is 2.62. The maximum absolute atomic E-state index is 11.4. The van der Waals surface area contributed by atoms with E-state index in [1.807, 2.05) is 17.5 Å². The van der Waals surface area contributed by atoms with E-state index >= 15 is 0 Å². The van der Waals surface area contributed by atoms with Gasteiger partial charge in [-0.25, -0.2) is 4.98 Å². The van der Waals surface area contributed by atoms with E-state index in [4.69, 9.17) is 4.98 Å². The minimum Gasteiger partial charge on any atom is -0.393 e. The standard InChI is InChI=1S/C36H53NO3S/c1-6-7-8-11-28-23-37-33(41-28)36(19-20-36)32(40)16-18-34(3,4)31-15-14-29-25(10-9-17-35(29,31)5)12-13-26-21-27(38)22-30(39)24(26)2/h12-13,16,18,23,27,29-32,38-40H,2,6-11,14-15,17,19-22H2,1,3-5H3/t27-,29+,30+,31-,32-,35+/m1/s1. The van der Waals surface area contributed by atoms with Crippen LogP contribution in [0.2, 0.25) is 0 Å². The number of thiazole rings is 1. The second-order valence-corrected chi connectivity index (χ2v) is 15.6. The minimum atomic E-state index is -0.642. The molecular formula is C36H53NO3S. The third-order valence-corrected chi connectivity index (χ3v) is 12.5. The van der Waals surface area contributed by atoms with Crippen molar-refractivity contribution in [2.45, 2.75) is 135 Å². The fraction of sp³-hybridized carbons (Fsp3) is 0.694. The largest absolute Gasteiger partial charge is 0.393 e. The predicted octanol–water partition coefficient (Wildman–Crippen LogP) is 7.99. The number of hydrogen-bond donors (Lipinski definition) is 3. The summed E-state index contributed by atoms with van der Waals surface area (Å²) in [4.78, 5) is 6.15. The highest BCUT2D eigenvalue weighted by molar-refractivity contribution is 7.11. The van der Waals surface area contributed by atoms with Gasteiger partial charge >= 0.3 is 0 Å². The maximum Gasteiger partial charge on any atom is 0.102 e. The summed E-state index contributed by atoms with van der Waals surface area (Å²) in [6.07, 6.45) is 23.1. The summed E-state index contributed by atoms with van der Waals surface area (Å²) in [5.74, 6) is 1.10. The van der Waals surface area contributed by atoms with Crippen molar-refractivity contribution in [3.8, 4) is 0 Å². The molecular weight excluding hydrogens is 526 g/mol. The van der Waals surface area contributed by atoms with Gasteiger partial charge in [-0.3, -0.25) is 0 Å². The quantitative estimate of drug-likeness (QED) is 0.194. The van der Waals surface area contributed by atoms with E-state index in [9.17, 15) is 15.3 Å². The van der Waals surface area contributed by atoms with Gasteiger partial charge in [-0.2, -0.15) is 0 Å². The molecule has 41 heavy (non-hydrogen) atoms. The topological polar surface area (TPSA) is 73.6 Å². The molecule has 4 fully saturated rings. The Hall–Kier alpha value is -1.53. The average Bonchev–Trinajstić information content (AvgIpc) is 3.45. The molecule has 1 aromatic heterocycles. The number of aliphatic hydroxyl groups is 3. The van der Waals surface area contributed by atoms with Gasteiger partial charge in [0, 0.05) is 17.5 Å². The first-order valence-electron chi connectivity index (χ1n) is 16.3. The van der Waals surface area contributed by atoms with Crippen molar-refractivity contribution >= 4 is 11.3 Å². The molecule has 0 bridgehead atoms. The summed E-state index contributed by atoms with van der Waals surface area (Å²) in [7, 11) is 0. The van der Waals surface area contributed by atoms with Crippen LogP contribution in [-0.2, 0) is 11.8 Å².